The van der Waals surface area contributed by atoms with Crippen LogP contribution in [0.15, 0.2) is 48.8 Å². The summed E-state index contributed by atoms with van der Waals surface area (Å²) in [5.41, 5.74) is 1.72. The highest BCUT2D eigenvalue weighted by atomic mass is 32.2. The molecular weight excluding hydrogens is 464 g/mol. The van der Waals surface area contributed by atoms with Gasteiger partial charge >= 0.3 is 0 Å². The van der Waals surface area contributed by atoms with Gasteiger partial charge in [0.15, 0.2) is 0 Å². The van der Waals surface area contributed by atoms with Gasteiger partial charge in [0.2, 0.25) is 10.0 Å². The molecule has 3 aliphatic rings. The second-order valence-corrected chi connectivity index (χ2v) is 12.0. The van der Waals surface area contributed by atoms with Crippen LogP contribution < -0.4 is 4.74 Å². The number of benzene rings is 1. The van der Waals surface area contributed by atoms with Crippen molar-refractivity contribution in [3.63, 3.8) is 0 Å². The van der Waals surface area contributed by atoms with Gasteiger partial charge in [-0.25, -0.2) is 17.7 Å². The number of aromatic nitrogens is 2. The molecule has 3 fully saturated rings. The zero-order chi connectivity index (χ0) is 24.0. The molecule has 0 radical (unpaired) electrons. The van der Waals surface area contributed by atoms with Gasteiger partial charge in [-0.3, -0.25) is 4.79 Å². The van der Waals surface area contributed by atoms with Gasteiger partial charge < -0.3 is 14.2 Å². The first-order valence-corrected chi connectivity index (χ1v) is 14.0. The van der Waals surface area contributed by atoms with Crippen LogP contribution in [0.25, 0.3) is 16.7 Å². The zero-order valence-electron chi connectivity index (χ0n) is 19.7. The minimum Gasteiger partial charge on any atom is -0.489 e. The molecule has 9 heteroatoms. The summed E-state index contributed by atoms with van der Waals surface area (Å²) in [6.07, 6.45) is 8.81. The van der Waals surface area contributed by atoms with Crippen molar-refractivity contribution in [1.29, 1.82) is 0 Å². The lowest BCUT2D eigenvalue weighted by atomic mass is 10.1. The third kappa shape index (κ3) is 4.43. The molecule has 8 nitrogen and oxygen atoms in total. The standard InChI is InChI=1S/C26H30N4O4S/c31-26(28-12-1-2-13-28)20-3-7-24-19(17-20)9-16-30(24)25-8-4-22(18-27-25)34-21-10-14-29(15-11-21)35(32,33)23-5-6-23/h3-4,7-9,16-18,21,23H,1-2,5-6,10-15H2. The number of fused-ring (bicyclic) bond motifs is 1. The topological polar surface area (TPSA) is 84.7 Å². The molecule has 0 spiro atoms. The molecule has 1 saturated carbocycles. The predicted molar refractivity (Wildman–Crippen MR) is 133 cm³/mol. The van der Waals surface area contributed by atoms with E-state index in [4.69, 9.17) is 4.74 Å². The van der Waals surface area contributed by atoms with Crippen molar-refractivity contribution in [3.05, 3.63) is 54.4 Å². The van der Waals surface area contributed by atoms with E-state index in [1.54, 1.807) is 10.5 Å². The molecule has 35 heavy (non-hydrogen) atoms. The summed E-state index contributed by atoms with van der Waals surface area (Å²) in [6.45, 7) is 2.73. The molecule has 0 atom stereocenters. The Morgan fingerprint density at radius 1 is 0.943 bits per heavy atom. The summed E-state index contributed by atoms with van der Waals surface area (Å²) >= 11 is 0. The Labute approximate surface area is 205 Å². The van der Waals surface area contributed by atoms with Gasteiger partial charge in [0.05, 0.1) is 17.0 Å². The number of amides is 1. The van der Waals surface area contributed by atoms with Gasteiger partial charge in [-0.15, -0.1) is 0 Å². The smallest absolute Gasteiger partial charge is 0.253 e. The highest BCUT2D eigenvalue weighted by Gasteiger charge is 2.41. The number of carbonyl (C=O) groups is 1. The van der Waals surface area contributed by atoms with Gasteiger partial charge in [0.25, 0.3) is 5.91 Å². The number of pyridine rings is 1. The lowest BCUT2D eigenvalue weighted by Gasteiger charge is -2.31. The second-order valence-electron chi connectivity index (χ2n) is 9.77. The van der Waals surface area contributed by atoms with Crippen molar-refractivity contribution < 1.29 is 17.9 Å². The minimum absolute atomic E-state index is 0.00715. The van der Waals surface area contributed by atoms with E-state index >= 15 is 0 Å². The summed E-state index contributed by atoms with van der Waals surface area (Å²) in [4.78, 5) is 19.3. The molecule has 0 bridgehead atoms. The summed E-state index contributed by atoms with van der Waals surface area (Å²) in [7, 11) is -3.10. The zero-order valence-corrected chi connectivity index (χ0v) is 20.5. The average molecular weight is 495 g/mol. The first kappa shape index (κ1) is 22.5. The van der Waals surface area contributed by atoms with Crippen LogP contribution in [-0.4, -0.2) is 70.6 Å². The third-order valence-electron chi connectivity index (χ3n) is 7.31. The summed E-state index contributed by atoms with van der Waals surface area (Å²) in [6, 6.07) is 11.7. The number of likely N-dealkylation sites (tertiary alicyclic amines) is 1. The highest BCUT2D eigenvalue weighted by Crippen LogP contribution is 2.33. The SMILES string of the molecule is O=C(c1ccc2c(ccn2-c2ccc(OC3CCN(S(=O)(=O)C4CC4)CC3)cn2)c1)N1CCCC1. The maximum atomic E-state index is 12.7. The van der Waals surface area contributed by atoms with Crippen molar-refractivity contribution in [2.24, 2.45) is 0 Å². The Balaban J connectivity index is 1.11. The van der Waals surface area contributed by atoms with Gasteiger partial charge in [0.1, 0.15) is 17.7 Å². The summed E-state index contributed by atoms with van der Waals surface area (Å²) in [5.74, 6) is 1.57. The fourth-order valence-electron chi connectivity index (χ4n) is 5.14. The van der Waals surface area contributed by atoms with Crippen LogP contribution in [-0.2, 0) is 10.0 Å². The van der Waals surface area contributed by atoms with Crippen molar-refractivity contribution >= 4 is 26.8 Å². The van der Waals surface area contributed by atoms with Crippen LogP contribution in [0, 0.1) is 0 Å². The molecular formula is C26H30N4O4S. The van der Waals surface area contributed by atoms with Crippen LogP contribution in [0.4, 0.5) is 0 Å². The van der Waals surface area contributed by atoms with E-state index in [1.165, 1.54) is 0 Å². The van der Waals surface area contributed by atoms with Crippen molar-refractivity contribution in [2.45, 2.75) is 49.9 Å². The lowest BCUT2D eigenvalue weighted by Crippen LogP contribution is -2.43. The summed E-state index contributed by atoms with van der Waals surface area (Å²) in [5, 5.41) is 0.851. The van der Waals surface area contributed by atoms with Crippen LogP contribution in [0.2, 0.25) is 0 Å². The Morgan fingerprint density at radius 3 is 2.40 bits per heavy atom. The predicted octanol–water partition coefficient (Wildman–Crippen LogP) is 3.60. The molecule has 1 aliphatic carbocycles. The molecule has 0 N–H and O–H groups in total. The Hall–Kier alpha value is -2.91. The molecule has 0 unspecified atom stereocenters. The Kier molecular flexibility index (Phi) is 5.76. The maximum absolute atomic E-state index is 12.7. The van der Waals surface area contributed by atoms with E-state index in [0.717, 1.165) is 61.1 Å². The molecule has 2 aliphatic heterocycles. The second kappa shape index (κ2) is 8.95. The lowest BCUT2D eigenvalue weighted by molar-refractivity contribution is 0.0793. The van der Waals surface area contributed by atoms with E-state index in [0.29, 0.717) is 31.7 Å². The largest absolute Gasteiger partial charge is 0.489 e. The normalized spacial score (nSPS) is 19.9. The van der Waals surface area contributed by atoms with E-state index in [2.05, 4.69) is 4.98 Å². The van der Waals surface area contributed by atoms with Crippen LogP contribution in [0.3, 0.4) is 0 Å². The number of rotatable bonds is 6. The minimum atomic E-state index is -3.10. The first-order valence-electron chi connectivity index (χ1n) is 12.5. The molecule has 3 aromatic rings. The number of hydrogen-bond donors (Lipinski definition) is 0. The van der Waals surface area contributed by atoms with Gasteiger partial charge in [0, 0.05) is 43.3 Å². The van der Waals surface area contributed by atoms with Crippen molar-refractivity contribution in [2.75, 3.05) is 26.2 Å². The highest BCUT2D eigenvalue weighted by molar-refractivity contribution is 7.90. The molecule has 1 amide bonds. The summed E-state index contributed by atoms with van der Waals surface area (Å²) < 4.78 is 34.6. The molecule has 4 heterocycles. The maximum Gasteiger partial charge on any atom is 0.253 e. The van der Waals surface area contributed by atoms with Gasteiger partial charge in [-0.1, -0.05) is 0 Å². The van der Waals surface area contributed by atoms with Gasteiger partial charge in [-0.05, 0) is 74.9 Å². The molecule has 2 saturated heterocycles. The fraction of sp³-hybridized carbons (Fsp3) is 0.462. The number of sulfonamides is 1. The number of carbonyl (C=O) groups excluding carboxylic acids is 1. The van der Waals surface area contributed by atoms with E-state index in [1.807, 2.05) is 52.1 Å². The van der Waals surface area contributed by atoms with E-state index in [9.17, 15) is 13.2 Å². The van der Waals surface area contributed by atoms with Crippen LogP contribution >= 0.6 is 0 Å². The molecule has 184 valence electrons. The first-order chi connectivity index (χ1) is 17.0. The number of ether oxygens (including phenoxy) is 1. The number of nitrogens with zero attached hydrogens (tertiary/aromatic N) is 4. The average Bonchev–Trinajstić information content (AvgIpc) is 3.45. The van der Waals surface area contributed by atoms with E-state index < -0.39 is 10.0 Å². The van der Waals surface area contributed by atoms with Crippen LogP contribution in [0.5, 0.6) is 5.75 Å². The number of piperidine rings is 1. The van der Waals surface area contributed by atoms with Crippen molar-refractivity contribution in [3.8, 4) is 11.6 Å². The molecule has 2 aromatic heterocycles. The number of hydrogen-bond acceptors (Lipinski definition) is 5. The van der Waals surface area contributed by atoms with E-state index in [-0.39, 0.29) is 17.3 Å². The quantitative estimate of drug-likeness (QED) is 0.523. The monoisotopic (exact) mass is 494 g/mol. The molecule has 1 aromatic carbocycles. The Morgan fingerprint density at radius 2 is 1.71 bits per heavy atom. The third-order valence-corrected chi connectivity index (χ3v) is 9.71. The van der Waals surface area contributed by atoms with Crippen LogP contribution in [0.1, 0.15) is 48.9 Å². The van der Waals surface area contributed by atoms with Gasteiger partial charge in [-0.2, -0.15) is 0 Å². The van der Waals surface area contributed by atoms with Crippen molar-refractivity contribution in [1.82, 2.24) is 18.8 Å². The molecule has 6 rings (SSSR count). The fourth-order valence-corrected chi connectivity index (χ4v) is 7.01. The Bertz CT molecular complexity index is 1330.